The van der Waals surface area contributed by atoms with Crippen molar-refractivity contribution in [3.63, 3.8) is 0 Å². The highest BCUT2D eigenvalue weighted by Gasteiger charge is 2.42. The van der Waals surface area contributed by atoms with Gasteiger partial charge in [-0.2, -0.15) is 0 Å². The number of nitrogens with zero attached hydrogens (tertiary/aromatic N) is 1. The van der Waals surface area contributed by atoms with Crippen LogP contribution in [0.4, 0.5) is 0 Å². The van der Waals surface area contributed by atoms with Crippen molar-refractivity contribution in [1.29, 1.82) is 0 Å². The highest BCUT2D eigenvalue weighted by Crippen LogP contribution is 2.42. The van der Waals surface area contributed by atoms with Crippen LogP contribution in [0.1, 0.15) is 115 Å². The minimum Gasteiger partial charge on any atom is -0.390 e. The summed E-state index contributed by atoms with van der Waals surface area (Å²) in [6.07, 6.45) is 10.6. The number of hydrogen-bond acceptors (Lipinski definition) is 7. The van der Waals surface area contributed by atoms with Crippen LogP contribution >= 0.6 is 11.9 Å². The summed E-state index contributed by atoms with van der Waals surface area (Å²) in [5.41, 5.74) is 3.78. The molecule has 1 aromatic rings. The van der Waals surface area contributed by atoms with Gasteiger partial charge in [0.15, 0.2) is 0 Å². The van der Waals surface area contributed by atoms with Crippen molar-refractivity contribution in [3.8, 4) is 0 Å². The number of nitrogens with one attached hydrogen (secondary N) is 3. The van der Waals surface area contributed by atoms with E-state index in [4.69, 9.17) is 4.74 Å². The maximum Gasteiger partial charge on any atom is 0.123 e. The molecule has 6 nitrogen and oxygen atoms in total. The van der Waals surface area contributed by atoms with Crippen LogP contribution < -0.4 is 15.4 Å². The molecule has 1 aromatic carbocycles. The first-order valence-corrected chi connectivity index (χ1v) is 17.3. The molecule has 4 bridgehead atoms. The fraction of sp³-hybridized carbons (Fsp3) is 0.824. The summed E-state index contributed by atoms with van der Waals surface area (Å²) in [4.78, 5) is 2.89. The van der Waals surface area contributed by atoms with Crippen LogP contribution in [0.3, 0.4) is 0 Å². The van der Waals surface area contributed by atoms with Gasteiger partial charge in [-0.15, -0.1) is 0 Å². The highest BCUT2D eigenvalue weighted by molar-refractivity contribution is 7.98. The van der Waals surface area contributed by atoms with Gasteiger partial charge < -0.3 is 9.84 Å². The predicted molar refractivity (Wildman–Crippen MR) is 172 cm³/mol. The molecular formula is C34H58N4O2S. The summed E-state index contributed by atoms with van der Waals surface area (Å²) >= 11 is 1.94. The maximum atomic E-state index is 10.5. The van der Waals surface area contributed by atoms with Gasteiger partial charge in [-0.05, 0) is 107 Å². The Balaban J connectivity index is 1.39. The molecule has 5 unspecified atom stereocenters. The third kappa shape index (κ3) is 8.71. The Bertz CT molecular complexity index is 981. The summed E-state index contributed by atoms with van der Waals surface area (Å²) in [5, 5.41) is 18.8. The molecule has 4 aliphatic rings. The molecule has 41 heavy (non-hydrogen) atoms. The van der Waals surface area contributed by atoms with Gasteiger partial charge >= 0.3 is 0 Å². The van der Waals surface area contributed by atoms with Gasteiger partial charge in [0.25, 0.3) is 0 Å². The molecule has 0 spiro atoms. The van der Waals surface area contributed by atoms with Crippen molar-refractivity contribution in [3.05, 3.63) is 34.9 Å². The summed E-state index contributed by atoms with van der Waals surface area (Å²) in [5.74, 6) is 1.37. The molecule has 0 aromatic heterocycles. The second kappa shape index (κ2) is 13.1. The Morgan fingerprint density at radius 1 is 0.976 bits per heavy atom. The summed E-state index contributed by atoms with van der Waals surface area (Å²) in [7, 11) is 0. The van der Waals surface area contributed by atoms with Crippen LogP contribution in [-0.4, -0.2) is 58.6 Å². The fourth-order valence-corrected chi connectivity index (χ4v) is 9.29. The lowest BCUT2D eigenvalue weighted by atomic mass is 9.72. The molecule has 2 aliphatic carbocycles. The third-order valence-corrected chi connectivity index (χ3v) is 11.0. The number of aryl methyl sites for hydroxylation is 2. The second-order valence-electron chi connectivity index (χ2n) is 15.7. The summed E-state index contributed by atoms with van der Waals surface area (Å²) < 4.78 is 10.7. The van der Waals surface area contributed by atoms with E-state index in [0.29, 0.717) is 23.3 Å². The molecule has 6 atom stereocenters. The van der Waals surface area contributed by atoms with E-state index >= 15 is 0 Å². The molecule has 0 radical (unpaired) electrons. The van der Waals surface area contributed by atoms with E-state index in [2.05, 4.69) is 73.1 Å². The predicted octanol–water partition coefficient (Wildman–Crippen LogP) is 6.41. The Kier molecular flexibility index (Phi) is 10.2. The van der Waals surface area contributed by atoms with E-state index in [1.54, 1.807) is 0 Å². The molecule has 4 fully saturated rings. The number of fused-ring (bicyclic) bond motifs is 4. The zero-order valence-corrected chi connectivity index (χ0v) is 27.7. The zero-order chi connectivity index (χ0) is 29.4. The first kappa shape index (κ1) is 31.7. The minimum atomic E-state index is -0.576. The summed E-state index contributed by atoms with van der Waals surface area (Å²) in [6.45, 7) is 17.5. The van der Waals surface area contributed by atoms with E-state index in [-0.39, 0.29) is 24.0 Å². The monoisotopic (exact) mass is 586 g/mol. The molecule has 4 N–H and O–H groups in total. The molecule has 2 saturated carbocycles. The van der Waals surface area contributed by atoms with Gasteiger partial charge in [-0.1, -0.05) is 57.3 Å². The SMILES string of the molecule is Cc1cccc(C)c1C1CC2NC(NSC3CCCC(C3)CN(C3CC(CC(C)(C)O)C3)[C@H](CC(C)(C)C)CO2)N1. The molecule has 7 heteroatoms. The van der Waals surface area contributed by atoms with Crippen LogP contribution in [0.15, 0.2) is 18.2 Å². The van der Waals surface area contributed by atoms with Crippen molar-refractivity contribution in [2.75, 3.05) is 13.2 Å². The molecule has 2 heterocycles. The Morgan fingerprint density at radius 3 is 2.39 bits per heavy atom. The Hall–Kier alpha value is -0.670. The molecule has 5 rings (SSSR count). The average Bonchev–Trinajstić information content (AvgIpc) is 2.85. The number of hydrogen-bond donors (Lipinski definition) is 4. The second-order valence-corrected chi connectivity index (χ2v) is 16.8. The normalized spacial score (nSPS) is 36.0. The quantitative estimate of drug-likeness (QED) is 0.297. The van der Waals surface area contributed by atoms with Gasteiger partial charge in [-0.3, -0.25) is 15.5 Å². The van der Waals surface area contributed by atoms with Crippen LogP contribution in [0.25, 0.3) is 0 Å². The number of benzene rings is 1. The van der Waals surface area contributed by atoms with Gasteiger partial charge in [0, 0.05) is 36.3 Å². The minimum absolute atomic E-state index is 0.00729. The van der Waals surface area contributed by atoms with E-state index < -0.39 is 5.60 Å². The molecule has 2 aliphatic heterocycles. The van der Waals surface area contributed by atoms with Crippen molar-refractivity contribution in [2.24, 2.45) is 17.3 Å². The summed E-state index contributed by atoms with van der Waals surface area (Å²) in [6, 6.07) is 7.90. The van der Waals surface area contributed by atoms with Crippen LogP contribution in [0.5, 0.6) is 0 Å². The smallest absolute Gasteiger partial charge is 0.123 e. The van der Waals surface area contributed by atoms with Crippen molar-refractivity contribution >= 4 is 11.9 Å². The Labute approximate surface area is 254 Å². The average molecular weight is 587 g/mol. The first-order valence-electron chi connectivity index (χ1n) is 16.4. The lowest BCUT2D eigenvalue weighted by molar-refractivity contribution is -0.0760. The van der Waals surface area contributed by atoms with Gasteiger partial charge in [0.1, 0.15) is 12.5 Å². The molecule has 0 amide bonds. The first-order chi connectivity index (χ1) is 19.3. The number of aliphatic hydroxyl groups is 1. The largest absolute Gasteiger partial charge is 0.390 e. The number of rotatable bonds is 5. The van der Waals surface area contributed by atoms with Gasteiger partial charge in [0.05, 0.1) is 12.2 Å². The van der Waals surface area contributed by atoms with E-state index in [0.717, 1.165) is 31.8 Å². The molecule has 2 saturated heterocycles. The van der Waals surface area contributed by atoms with Crippen molar-refractivity contribution in [1.82, 2.24) is 20.3 Å². The topological polar surface area (TPSA) is 68.8 Å². The van der Waals surface area contributed by atoms with Gasteiger partial charge in [0.2, 0.25) is 0 Å². The lowest BCUT2D eigenvalue weighted by Gasteiger charge is -2.50. The fourth-order valence-electron chi connectivity index (χ4n) is 8.17. The Morgan fingerprint density at radius 2 is 1.71 bits per heavy atom. The van der Waals surface area contributed by atoms with E-state index in [1.165, 1.54) is 61.8 Å². The van der Waals surface area contributed by atoms with Crippen LogP contribution in [0, 0.1) is 31.1 Å². The van der Waals surface area contributed by atoms with Crippen molar-refractivity contribution < 1.29 is 9.84 Å². The number of ether oxygens (including phenoxy) is 1. The molecule has 232 valence electrons. The lowest BCUT2D eigenvalue weighted by Crippen LogP contribution is -2.61. The van der Waals surface area contributed by atoms with Gasteiger partial charge in [-0.25, -0.2) is 4.72 Å². The van der Waals surface area contributed by atoms with E-state index in [9.17, 15) is 5.11 Å². The zero-order valence-electron chi connectivity index (χ0n) is 26.8. The molecular weight excluding hydrogens is 528 g/mol. The van der Waals surface area contributed by atoms with Crippen LogP contribution in [0.2, 0.25) is 0 Å². The van der Waals surface area contributed by atoms with Crippen molar-refractivity contribution in [2.45, 2.75) is 148 Å². The van der Waals surface area contributed by atoms with Crippen LogP contribution in [-0.2, 0) is 4.74 Å². The maximum absolute atomic E-state index is 10.5. The third-order valence-electron chi connectivity index (χ3n) is 9.89. The van der Waals surface area contributed by atoms with E-state index in [1.807, 2.05) is 25.8 Å². The standard InChI is InChI=1S/C34H58N4O2S/c1-22-10-8-11-23(2)31(22)29-17-30-36-32(35-29)37-41-28-13-9-12-24(16-28)20-38(27(21-40-30)19-33(3,4)5)26-14-25(15-26)18-34(6,7)39/h8,10-11,24-30,32,35-37,39H,9,12-21H2,1-7H3/t24?,25?,26?,27-,28?,29?,30?,32?/m1/s1. The highest BCUT2D eigenvalue weighted by atomic mass is 32.2.